The van der Waals surface area contributed by atoms with Crippen molar-refractivity contribution in [2.24, 2.45) is 0 Å². The molecule has 0 saturated heterocycles. The second-order valence-electron chi connectivity index (χ2n) is 3.90. The Hall–Kier alpha value is -1.51. The van der Waals surface area contributed by atoms with Gasteiger partial charge in [-0.05, 0) is 33.6 Å². The Labute approximate surface area is 120 Å². The number of nitrogens with zero attached hydrogens (tertiary/aromatic N) is 2. The molecule has 1 heterocycles. The highest BCUT2D eigenvalue weighted by Gasteiger charge is 2.16. The quantitative estimate of drug-likeness (QED) is 0.834. The molecule has 1 aromatic heterocycles. The average molecular weight is 348 g/mol. The van der Waals surface area contributed by atoms with Gasteiger partial charge < -0.3 is 5.11 Å². The van der Waals surface area contributed by atoms with Crippen LogP contribution < -0.4 is 5.32 Å². The Balaban J connectivity index is 2.06. The summed E-state index contributed by atoms with van der Waals surface area (Å²) >= 11 is 3.01. The van der Waals surface area contributed by atoms with E-state index in [1.807, 2.05) is 0 Å². The van der Waals surface area contributed by atoms with E-state index in [4.69, 9.17) is 0 Å². The fourth-order valence-electron chi connectivity index (χ4n) is 1.50. The number of aliphatic hydroxyl groups excluding tert-OH is 1. The normalized spacial score (nSPS) is 12.4. The summed E-state index contributed by atoms with van der Waals surface area (Å²) < 4.78 is 39.4. The molecule has 0 saturated carbocycles. The molecular weight excluding hydrogens is 339 g/mol. The van der Waals surface area contributed by atoms with E-state index < -0.39 is 23.8 Å². The Morgan fingerprint density at radius 2 is 2.00 bits per heavy atom. The van der Waals surface area contributed by atoms with Crippen LogP contribution in [0.15, 0.2) is 29.0 Å². The summed E-state index contributed by atoms with van der Waals surface area (Å²) in [5.41, 5.74) is 0.105. The van der Waals surface area contributed by atoms with Gasteiger partial charge in [0, 0.05) is 6.54 Å². The van der Waals surface area contributed by atoms with Gasteiger partial charge in [0.15, 0.2) is 17.9 Å². The van der Waals surface area contributed by atoms with Gasteiger partial charge in [0.25, 0.3) is 0 Å². The lowest BCUT2D eigenvalue weighted by Crippen LogP contribution is -2.23. The maximum atomic E-state index is 13.4. The molecule has 2 aromatic rings. The number of halogens is 4. The summed E-state index contributed by atoms with van der Waals surface area (Å²) in [6.45, 7) is 0.00595. The largest absolute Gasteiger partial charge is 0.372 e. The molecular formula is C12H9BrF3N3O. The summed E-state index contributed by atoms with van der Waals surface area (Å²) in [5.74, 6) is -2.87. The van der Waals surface area contributed by atoms with Gasteiger partial charge >= 0.3 is 0 Å². The van der Waals surface area contributed by atoms with Crippen molar-refractivity contribution >= 4 is 15.9 Å². The van der Waals surface area contributed by atoms with E-state index in [-0.39, 0.29) is 16.8 Å². The van der Waals surface area contributed by atoms with Crippen molar-refractivity contribution in [2.45, 2.75) is 12.8 Å². The van der Waals surface area contributed by atoms with Gasteiger partial charge in [-0.3, -0.25) is 5.32 Å². The van der Waals surface area contributed by atoms with Crippen molar-refractivity contribution < 1.29 is 18.3 Å². The standard InChI is InChI=1S/C12H9BrF3N3O/c13-9-5-17-11(16)10(19-9)12(20)18-4-6-1-2-7(14)8(15)3-6/h1-3,5,12,18,20H,4H2. The van der Waals surface area contributed by atoms with Gasteiger partial charge in [0.05, 0.1) is 6.20 Å². The topological polar surface area (TPSA) is 58.0 Å². The molecule has 0 spiro atoms. The highest BCUT2D eigenvalue weighted by Crippen LogP contribution is 2.15. The second-order valence-corrected chi connectivity index (χ2v) is 4.71. The summed E-state index contributed by atoms with van der Waals surface area (Å²) in [6.07, 6.45) is -0.269. The molecule has 1 unspecified atom stereocenters. The van der Waals surface area contributed by atoms with Gasteiger partial charge in [0.1, 0.15) is 10.3 Å². The minimum absolute atomic E-state index is 0.00595. The number of aliphatic hydroxyl groups is 1. The Morgan fingerprint density at radius 1 is 1.25 bits per heavy atom. The van der Waals surface area contributed by atoms with Gasteiger partial charge in [-0.25, -0.2) is 18.7 Å². The van der Waals surface area contributed by atoms with E-state index in [0.717, 1.165) is 18.3 Å². The van der Waals surface area contributed by atoms with Crippen LogP contribution >= 0.6 is 15.9 Å². The predicted molar refractivity (Wildman–Crippen MR) is 67.8 cm³/mol. The molecule has 0 aliphatic carbocycles. The van der Waals surface area contributed by atoms with Crippen LogP contribution in [0.5, 0.6) is 0 Å². The van der Waals surface area contributed by atoms with Crippen LogP contribution in [0.3, 0.4) is 0 Å². The number of benzene rings is 1. The molecule has 4 nitrogen and oxygen atoms in total. The molecule has 2 N–H and O–H groups in total. The molecule has 1 aromatic carbocycles. The molecule has 2 rings (SSSR count). The SMILES string of the molecule is OC(NCc1ccc(F)c(F)c1)c1nc(Br)cnc1F. The molecule has 106 valence electrons. The van der Waals surface area contributed by atoms with Crippen LogP contribution in [0.25, 0.3) is 0 Å². The Morgan fingerprint density at radius 3 is 2.70 bits per heavy atom. The van der Waals surface area contributed by atoms with Crippen LogP contribution in [0, 0.1) is 17.6 Å². The third-order valence-corrected chi connectivity index (χ3v) is 2.85. The van der Waals surface area contributed by atoms with Crippen LogP contribution in [-0.2, 0) is 6.54 Å². The molecule has 0 aliphatic heterocycles. The van der Waals surface area contributed by atoms with E-state index in [2.05, 4.69) is 31.2 Å². The second kappa shape index (κ2) is 6.29. The summed E-state index contributed by atoms with van der Waals surface area (Å²) in [6, 6.07) is 3.30. The molecule has 1 atom stereocenters. The van der Waals surface area contributed by atoms with Crippen molar-refractivity contribution in [2.75, 3.05) is 0 Å². The number of rotatable bonds is 4. The molecule has 8 heteroatoms. The zero-order valence-electron chi connectivity index (χ0n) is 9.95. The zero-order valence-corrected chi connectivity index (χ0v) is 11.5. The first kappa shape index (κ1) is 14.9. The smallest absolute Gasteiger partial charge is 0.238 e. The monoisotopic (exact) mass is 347 g/mol. The number of hydrogen-bond acceptors (Lipinski definition) is 4. The van der Waals surface area contributed by atoms with Crippen LogP contribution in [0.1, 0.15) is 17.5 Å². The van der Waals surface area contributed by atoms with Gasteiger partial charge in [-0.15, -0.1) is 0 Å². The Bertz CT molecular complexity index is 627. The molecule has 0 bridgehead atoms. The van der Waals surface area contributed by atoms with Crippen LogP contribution in [0.2, 0.25) is 0 Å². The summed E-state index contributed by atoms with van der Waals surface area (Å²) in [5, 5.41) is 12.3. The predicted octanol–water partition coefficient (Wildman–Crippen LogP) is 2.44. The van der Waals surface area contributed by atoms with E-state index in [1.165, 1.54) is 6.07 Å². The van der Waals surface area contributed by atoms with Crippen LogP contribution in [-0.4, -0.2) is 15.1 Å². The lowest BCUT2D eigenvalue weighted by Gasteiger charge is -2.13. The van der Waals surface area contributed by atoms with Crippen molar-refractivity contribution in [3.05, 3.63) is 57.8 Å². The lowest BCUT2D eigenvalue weighted by atomic mass is 10.2. The van der Waals surface area contributed by atoms with Crippen molar-refractivity contribution in [3.8, 4) is 0 Å². The highest BCUT2D eigenvalue weighted by molar-refractivity contribution is 9.10. The maximum Gasteiger partial charge on any atom is 0.238 e. The fraction of sp³-hybridized carbons (Fsp3) is 0.167. The molecule has 0 radical (unpaired) electrons. The van der Waals surface area contributed by atoms with Gasteiger partial charge in [-0.2, -0.15) is 4.39 Å². The van der Waals surface area contributed by atoms with E-state index in [0.29, 0.717) is 5.56 Å². The highest BCUT2D eigenvalue weighted by atomic mass is 79.9. The van der Waals surface area contributed by atoms with E-state index in [1.54, 1.807) is 0 Å². The number of aromatic nitrogens is 2. The van der Waals surface area contributed by atoms with E-state index in [9.17, 15) is 18.3 Å². The van der Waals surface area contributed by atoms with Crippen molar-refractivity contribution in [1.29, 1.82) is 0 Å². The maximum absolute atomic E-state index is 13.4. The summed E-state index contributed by atoms with van der Waals surface area (Å²) in [7, 11) is 0. The van der Waals surface area contributed by atoms with Crippen LogP contribution in [0.4, 0.5) is 13.2 Å². The Kier molecular flexibility index (Phi) is 4.69. The first-order valence-electron chi connectivity index (χ1n) is 5.50. The average Bonchev–Trinajstić information content (AvgIpc) is 2.42. The molecule has 0 fully saturated rings. The molecule has 0 amide bonds. The number of nitrogens with one attached hydrogen (secondary N) is 1. The van der Waals surface area contributed by atoms with Gasteiger partial charge in [0.2, 0.25) is 5.95 Å². The minimum Gasteiger partial charge on any atom is -0.372 e. The third-order valence-electron chi connectivity index (χ3n) is 2.47. The van der Waals surface area contributed by atoms with Crippen molar-refractivity contribution in [3.63, 3.8) is 0 Å². The molecule has 20 heavy (non-hydrogen) atoms. The fourth-order valence-corrected chi connectivity index (χ4v) is 1.79. The first-order valence-corrected chi connectivity index (χ1v) is 6.30. The summed E-state index contributed by atoms with van der Waals surface area (Å²) in [4.78, 5) is 7.14. The van der Waals surface area contributed by atoms with Gasteiger partial charge in [-0.1, -0.05) is 6.07 Å². The first-order chi connectivity index (χ1) is 9.47. The van der Waals surface area contributed by atoms with E-state index >= 15 is 0 Å². The number of hydrogen-bond donors (Lipinski definition) is 2. The minimum atomic E-state index is -1.42. The third kappa shape index (κ3) is 3.53. The molecule has 0 aliphatic rings. The zero-order chi connectivity index (χ0) is 14.7. The van der Waals surface area contributed by atoms with Crippen molar-refractivity contribution in [1.82, 2.24) is 15.3 Å². The lowest BCUT2D eigenvalue weighted by molar-refractivity contribution is 0.126.